The minimum atomic E-state index is -0.492. The van der Waals surface area contributed by atoms with E-state index in [4.69, 9.17) is 15.2 Å². The highest BCUT2D eigenvalue weighted by molar-refractivity contribution is 5.95. The molecule has 1 aromatic rings. The minimum absolute atomic E-state index is 0.0106. The SMILES string of the molecule is COC(=O)c1ccnc(OC2CCCC(OC)C2)c1N. The van der Waals surface area contributed by atoms with E-state index in [1.54, 1.807) is 7.11 Å². The number of esters is 1. The Balaban J connectivity index is 2.11. The first-order valence-corrected chi connectivity index (χ1v) is 6.68. The van der Waals surface area contributed by atoms with E-state index in [1.165, 1.54) is 19.4 Å². The van der Waals surface area contributed by atoms with Gasteiger partial charge in [0.05, 0.1) is 18.8 Å². The van der Waals surface area contributed by atoms with Gasteiger partial charge in [0.2, 0.25) is 5.88 Å². The number of methoxy groups -OCH3 is 2. The van der Waals surface area contributed by atoms with E-state index in [0.29, 0.717) is 0 Å². The van der Waals surface area contributed by atoms with Crippen LogP contribution in [0.3, 0.4) is 0 Å². The average molecular weight is 280 g/mol. The maximum absolute atomic E-state index is 11.6. The summed E-state index contributed by atoms with van der Waals surface area (Å²) in [5.41, 5.74) is 6.42. The second-order valence-corrected chi connectivity index (χ2v) is 4.83. The maximum Gasteiger partial charge on any atom is 0.340 e. The van der Waals surface area contributed by atoms with Crippen molar-refractivity contribution >= 4 is 11.7 Å². The van der Waals surface area contributed by atoms with Crippen LogP contribution < -0.4 is 10.5 Å². The van der Waals surface area contributed by atoms with Crippen LogP contribution in [-0.2, 0) is 9.47 Å². The fourth-order valence-corrected chi connectivity index (χ4v) is 2.42. The number of pyridine rings is 1. The van der Waals surface area contributed by atoms with Gasteiger partial charge in [-0.25, -0.2) is 9.78 Å². The van der Waals surface area contributed by atoms with E-state index in [2.05, 4.69) is 9.72 Å². The number of aromatic nitrogens is 1. The Morgan fingerprint density at radius 1 is 1.35 bits per heavy atom. The number of hydrogen-bond acceptors (Lipinski definition) is 6. The van der Waals surface area contributed by atoms with Gasteiger partial charge in [0.1, 0.15) is 11.8 Å². The van der Waals surface area contributed by atoms with Gasteiger partial charge in [0.25, 0.3) is 0 Å². The van der Waals surface area contributed by atoms with Gasteiger partial charge in [-0.2, -0.15) is 0 Å². The number of hydrogen-bond donors (Lipinski definition) is 1. The van der Waals surface area contributed by atoms with Gasteiger partial charge < -0.3 is 19.9 Å². The summed E-state index contributed by atoms with van der Waals surface area (Å²) < 4.78 is 15.9. The van der Waals surface area contributed by atoms with Crippen molar-refractivity contribution in [3.05, 3.63) is 17.8 Å². The number of rotatable bonds is 4. The molecule has 1 aliphatic carbocycles. The average Bonchev–Trinajstić information content (AvgIpc) is 2.49. The first kappa shape index (κ1) is 14.6. The summed E-state index contributed by atoms with van der Waals surface area (Å²) in [5, 5.41) is 0. The van der Waals surface area contributed by atoms with Gasteiger partial charge in [0, 0.05) is 19.7 Å². The topological polar surface area (TPSA) is 83.7 Å². The standard InChI is InChI=1S/C14H20N2O4/c1-18-9-4-3-5-10(8-9)20-13-12(15)11(6-7-16-13)14(17)19-2/h6-7,9-10H,3-5,8,15H2,1-2H3. The summed E-state index contributed by atoms with van der Waals surface area (Å²) in [6, 6.07) is 1.52. The summed E-state index contributed by atoms with van der Waals surface area (Å²) >= 11 is 0. The summed E-state index contributed by atoms with van der Waals surface area (Å²) in [4.78, 5) is 15.7. The van der Waals surface area contributed by atoms with E-state index in [1.807, 2.05) is 0 Å². The first-order chi connectivity index (χ1) is 9.65. The molecule has 110 valence electrons. The molecule has 1 aromatic heterocycles. The number of anilines is 1. The number of ether oxygens (including phenoxy) is 3. The highest BCUT2D eigenvalue weighted by atomic mass is 16.5. The maximum atomic E-state index is 11.6. The van der Waals surface area contributed by atoms with Crippen molar-refractivity contribution in [2.24, 2.45) is 0 Å². The molecule has 1 fully saturated rings. The summed E-state index contributed by atoms with van der Waals surface area (Å²) in [6.07, 6.45) is 5.54. The molecule has 20 heavy (non-hydrogen) atoms. The number of carbonyl (C=O) groups excluding carboxylic acids is 1. The molecular formula is C14H20N2O4. The van der Waals surface area contributed by atoms with Crippen LogP contribution in [0.25, 0.3) is 0 Å². The molecule has 0 bridgehead atoms. The normalized spacial score (nSPS) is 22.3. The lowest BCUT2D eigenvalue weighted by Crippen LogP contribution is -2.30. The van der Waals surface area contributed by atoms with Crippen molar-refractivity contribution in [2.45, 2.75) is 37.9 Å². The predicted molar refractivity (Wildman–Crippen MR) is 73.7 cm³/mol. The molecule has 2 atom stereocenters. The molecule has 6 heteroatoms. The Labute approximate surface area is 118 Å². The number of nitrogens with zero attached hydrogens (tertiary/aromatic N) is 1. The zero-order valence-corrected chi connectivity index (χ0v) is 11.8. The second-order valence-electron chi connectivity index (χ2n) is 4.83. The molecule has 2 rings (SSSR count). The fraction of sp³-hybridized carbons (Fsp3) is 0.571. The van der Waals surface area contributed by atoms with Crippen LogP contribution in [0.15, 0.2) is 12.3 Å². The van der Waals surface area contributed by atoms with Crippen LogP contribution >= 0.6 is 0 Å². The van der Waals surface area contributed by atoms with Gasteiger partial charge in [-0.05, 0) is 25.3 Å². The summed E-state index contributed by atoms with van der Waals surface area (Å²) in [6.45, 7) is 0. The summed E-state index contributed by atoms with van der Waals surface area (Å²) in [7, 11) is 3.02. The van der Waals surface area contributed by atoms with Crippen molar-refractivity contribution < 1.29 is 19.0 Å². The number of carbonyl (C=O) groups is 1. The lowest BCUT2D eigenvalue weighted by Gasteiger charge is -2.28. The Morgan fingerprint density at radius 3 is 2.80 bits per heavy atom. The molecule has 1 aliphatic rings. The third-order valence-corrected chi connectivity index (χ3v) is 3.55. The molecule has 1 heterocycles. The van der Waals surface area contributed by atoms with Crippen molar-refractivity contribution in [3.63, 3.8) is 0 Å². The third kappa shape index (κ3) is 3.19. The highest BCUT2D eigenvalue weighted by Crippen LogP contribution is 2.29. The van der Waals surface area contributed by atoms with Gasteiger partial charge in [-0.3, -0.25) is 0 Å². The minimum Gasteiger partial charge on any atom is -0.473 e. The molecule has 0 spiro atoms. The van der Waals surface area contributed by atoms with Crippen LogP contribution in [0.1, 0.15) is 36.0 Å². The number of nitrogen functional groups attached to an aromatic ring is 1. The van der Waals surface area contributed by atoms with Crippen molar-refractivity contribution in [2.75, 3.05) is 20.0 Å². The Hall–Kier alpha value is -1.82. The van der Waals surface area contributed by atoms with Crippen LogP contribution in [0.4, 0.5) is 5.69 Å². The van der Waals surface area contributed by atoms with Crippen LogP contribution in [-0.4, -0.2) is 37.4 Å². The first-order valence-electron chi connectivity index (χ1n) is 6.68. The Morgan fingerprint density at radius 2 is 2.10 bits per heavy atom. The van der Waals surface area contributed by atoms with Crippen molar-refractivity contribution in [1.29, 1.82) is 0 Å². The number of nitrogens with two attached hydrogens (primary N) is 1. The quantitative estimate of drug-likeness (QED) is 0.846. The van der Waals surface area contributed by atoms with Crippen LogP contribution in [0, 0.1) is 0 Å². The predicted octanol–water partition coefficient (Wildman–Crippen LogP) is 1.79. The lowest BCUT2D eigenvalue weighted by atomic mass is 9.95. The lowest BCUT2D eigenvalue weighted by molar-refractivity contribution is 0.0197. The molecule has 0 aliphatic heterocycles. The van der Waals surface area contributed by atoms with Crippen LogP contribution in [0.5, 0.6) is 5.88 Å². The van der Waals surface area contributed by atoms with Gasteiger partial charge in [-0.15, -0.1) is 0 Å². The smallest absolute Gasteiger partial charge is 0.340 e. The Kier molecular flexibility index (Phi) is 4.79. The van der Waals surface area contributed by atoms with Crippen LogP contribution in [0.2, 0.25) is 0 Å². The van der Waals surface area contributed by atoms with E-state index in [0.717, 1.165) is 25.7 Å². The van der Waals surface area contributed by atoms with Gasteiger partial charge in [0.15, 0.2) is 0 Å². The van der Waals surface area contributed by atoms with E-state index in [-0.39, 0.29) is 29.3 Å². The molecule has 6 nitrogen and oxygen atoms in total. The van der Waals surface area contributed by atoms with Gasteiger partial charge >= 0.3 is 5.97 Å². The zero-order chi connectivity index (χ0) is 14.5. The van der Waals surface area contributed by atoms with E-state index >= 15 is 0 Å². The third-order valence-electron chi connectivity index (χ3n) is 3.55. The zero-order valence-electron chi connectivity index (χ0n) is 11.8. The molecule has 2 N–H and O–H groups in total. The van der Waals surface area contributed by atoms with Crippen molar-refractivity contribution in [1.82, 2.24) is 4.98 Å². The molecule has 0 saturated heterocycles. The fourth-order valence-electron chi connectivity index (χ4n) is 2.42. The molecule has 0 radical (unpaired) electrons. The van der Waals surface area contributed by atoms with Crippen molar-refractivity contribution in [3.8, 4) is 5.88 Å². The highest BCUT2D eigenvalue weighted by Gasteiger charge is 2.25. The van der Waals surface area contributed by atoms with Gasteiger partial charge in [-0.1, -0.05) is 0 Å². The molecule has 1 saturated carbocycles. The molecule has 2 unspecified atom stereocenters. The molecule has 0 amide bonds. The molecular weight excluding hydrogens is 260 g/mol. The second kappa shape index (κ2) is 6.56. The summed E-state index contributed by atoms with van der Waals surface area (Å²) in [5.74, 6) is -0.206. The van der Waals surface area contributed by atoms with E-state index < -0.39 is 5.97 Å². The largest absolute Gasteiger partial charge is 0.473 e. The monoisotopic (exact) mass is 280 g/mol. The Bertz CT molecular complexity index is 478. The van der Waals surface area contributed by atoms with E-state index in [9.17, 15) is 4.79 Å². The molecule has 0 aromatic carbocycles.